The third-order valence-corrected chi connectivity index (χ3v) is 4.93. The average molecular weight is 361 g/mol. The van der Waals surface area contributed by atoms with E-state index in [1.807, 2.05) is 31.1 Å². The zero-order valence-electron chi connectivity index (χ0n) is 15.3. The van der Waals surface area contributed by atoms with Gasteiger partial charge >= 0.3 is 12.0 Å². The van der Waals surface area contributed by atoms with E-state index < -0.39 is 5.97 Å². The molecule has 8 heteroatoms. The Balaban J connectivity index is 1.44. The van der Waals surface area contributed by atoms with Crippen molar-refractivity contribution in [3.05, 3.63) is 18.2 Å². The van der Waals surface area contributed by atoms with Gasteiger partial charge in [0.25, 0.3) is 0 Å². The molecule has 1 heterocycles. The lowest BCUT2D eigenvalue weighted by Crippen LogP contribution is -2.55. The van der Waals surface area contributed by atoms with E-state index in [-0.39, 0.29) is 24.7 Å². The summed E-state index contributed by atoms with van der Waals surface area (Å²) in [6, 6.07) is 5.51. The van der Waals surface area contributed by atoms with Gasteiger partial charge in [0, 0.05) is 32.7 Å². The monoisotopic (exact) mass is 361 g/mol. The van der Waals surface area contributed by atoms with E-state index in [4.69, 9.17) is 5.11 Å². The quantitative estimate of drug-likeness (QED) is 0.651. The van der Waals surface area contributed by atoms with Crippen LogP contribution in [0.4, 0.5) is 16.4 Å². The second-order valence-corrected chi connectivity index (χ2v) is 7.46. The molecule has 0 radical (unpaired) electrons. The molecule has 8 nitrogen and oxygen atoms in total. The normalized spacial score (nSPS) is 21.8. The zero-order valence-corrected chi connectivity index (χ0v) is 15.3. The number of nitrogens with one attached hydrogen (secondary N) is 2. The number of aromatic nitrogens is 1. The maximum Gasteiger partial charge on any atom is 0.320 e. The fourth-order valence-corrected chi connectivity index (χ4v) is 3.23. The van der Waals surface area contributed by atoms with Crippen LogP contribution in [0.1, 0.15) is 25.7 Å². The van der Waals surface area contributed by atoms with Crippen LogP contribution >= 0.6 is 0 Å². The van der Waals surface area contributed by atoms with Crippen molar-refractivity contribution in [2.45, 2.75) is 37.8 Å². The maximum atomic E-state index is 12.2. The van der Waals surface area contributed by atoms with Gasteiger partial charge in [-0.1, -0.05) is 6.07 Å². The van der Waals surface area contributed by atoms with Crippen molar-refractivity contribution in [3.63, 3.8) is 0 Å². The van der Waals surface area contributed by atoms with Gasteiger partial charge < -0.3 is 15.3 Å². The van der Waals surface area contributed by atoms with Gasteiger partial charge in [0.2, 0.25) is 0 Å². The molecule has 0 atom stereocenters. The van der Waals surface area contributed by atoms with Gasteiger partial charge in [-0.05, 0) is 43.7 Å². The number of carboxylic acids is 1. The molecular formula is C18H27N5O3. The van der Waals surface area contributed by atoms with Crippen LogP contribution in [0.3, 0.4) is 0 Å². The smallest absolute Gasteiger partial charge is 0.320 e. The molecule has 142 valence electrons. The zero-order chi connectivity index (χ0) is 18.7. The summed E-state index contributed by atoms with van der Waals surface area (Å²) < 4.78 is 0. The first-order valence-electron chi connectivity index (χ1n) is 9.08. The highest BCUT2D eigenvalue weighted by Crippen LogP contribution is 2.33. The van der Waals surface area contributed by atoms with Gasteiger partial charge in [0.1, 0.15) is 11.6 Å². The molecule has 3 N–H and O–H groups in total. The van der Waals surface area contributed by atoms with E-state index in [1.54, 1.807) is 6.07 Å². The predicted octanol–water partition coefficient (Wildman–Crippen LogP) is 1.60. The number of rotatable bonds is 8. The number of urea groups is 1. The highest BCUT2D eigenvalue weighted by Gasteiger charge is 2.37. The van der Waals surface area contributed by atoms with Crippen molar-refractivity contribution in [1.82, 2.24) is 15.2 Å². The standard InChI is InChI=1S/C18H27N5O3/c1-22(2)16-5-3-4-15(20-16)21-18(26)19-13-8-14(9-13)23(11-17(24)25)10-12-6-7-12/h3-5,12-14H,6-11H2,1-2H3,(H,24,25)(H2,19,20,21,26). The first kappa shape index (κ1) is 18.4. The third-order valence-electron chi connectivity index (χ3n) is 4.93. The third kappa shape index (κ3) is 5.08. The molecule has 0 saturated heterocycles. The predicted molar refractivity (Wildman–Crippen MR) is 99.5 cm³/mol. The fourth-order valence-electron chi connectivity index (χ4n) is 3.23. The van der Waals surface area contributed by atoms with Gasteiger partial charge in [-0.25, -0.2) is 9.78 Å². The molecule has 1 aromatic rings. The fraction of sp³-hybridized carbons (Fsp3) is 0.611. The van der Waals surface area contributed by atoms with Crippen LogP contribution in [0, 0.1) is 5.92 Å². The van der Waals surface area contributed by atoms with Crippen LogP contribution in [-0.2, 0) is 4.79 Å². The van der Waals surface area contributed by atoms with E-state index in [2.05, 4.69) is 20.5 Å². The van der Waals surface area contributed by atoms with Crippen molar-refractivity contribution < 1.29 is 14.7 Å². The average Bonchev–Trinajstić information content (AvgIpc) is 3.33. The summed E-state index contributed by atoms with van der Waals surface area (Å²) in [5, 5.41) is 14.8. The summed E-state index contributed by atoms with van der Waals surface area (Å²) in [7, 11) is 3.79. The van der Waals surface area contributed by atoms with Gasteiger partial charge in [-0.3, -0.25) is 15.0 Å². The van der Waals surface area contributed by atoms with Gasteiger partial charge in [0.15, 0.2) is 0 Å². The Morgan fingerprint density at radius 1 is 1.27 bits per heavy atom. The molecule has 0 aliphatic heterocycles. The highest BCUT2D eigenvalue weighted by atomic mass is 16.4. The van der Waals surface area contributed by atoms with E-state index in [1.165, 1.54) is 12.8 Å². The Morgan fingerprint density at radius 3 is 2.62 bits per heavy atom. The largest absolute Gasteiger partial charge is 0.480 e. The molecule has 0 bridgehead atoms. The molecule has 26 heavy (non-hydrogen) atoms. The summed E-state index contributed by atoms with van der Waals surface area (Å²) in [5.41, 5.74) is 0. The van der Waals surface area contributed by atoms with Crippen molar-refractivity contribution in [2.24, 2.45) is 5.92 Å². The molecule has 2 amide bonds. The van der Waals surface area contributed by atoms with E-state index in [0.717, 1.165) is 25.2 Å². The number of amides is 2. The minimum Gasteiger partial charge on any atom is -0.480 e. The van der Waals surface area contributed by atoms with E-state index in [9.17, 15) is 9.59 Å². The molecule has 2 fully saturated rings. The molecule has 3 rings (SSSR count). The number of carbonyl (C=O) groups is 2. The van der Waals surface area contributed by atoms with Gasteiger partial charge in [-0.2, -0.15) is 0 Å². The Kier molecular flexibility index (Phi) is 5.61. The van der Waals surface area contributed by atoms with Crippen molar-refractivity contribution in [2.75, 3.05) is 37.4 Å². The Morgan fingerprint density at radius 2 is 2.00 bits per heavy atom. The van der Waals surface area contributed by atoms with Crippen molar-refractivity contribution in [3.8, 4) is 0 Å². The van der Waals surface area contributed by atoms with Crippen LogP contribution in [-0.4, -0.2) is 66.3 Å². The van der Waals surface area contributed by atoms with E-state index >= 15 is 0 Å². The maximum absolute atomic E-state index is 12.2. The summed E-state index contributed by atoms with van der Waals surface area (Å²) in [6.45, 7) is 0.943. The number of hydrogen-bond acceptors (Lipinski definition) is 5. The topological polar surface area (TPSA) is 97.8 Å². The number of nitrogens with zero attached hydrogens (tertiary/aromatic N) is 3. The second kappa shape index (κ2) is 7.90. The summed E-state index contributed by atoms with van der Waals surface area (Å²) in [5.74, 6) is 1.15. The van der Waals surface area contributed by atoms with Crippen LogP contribution in [0.5, 0.6) is 0 Å². The number of carbonyl (C=O) groups excluding carboxylic acids is 1. The number of aliphatic carboxylic acids is 1. The molecule has 0 spiro atoms. The number of pyridine rings is 1. The van der Waals surface area contributed by atoms with Crippen LogP contribution in [0.25, 0.3) is 0 Å². The Labute approximate surface area is 153 Å². The van der Waals surface area contributed by atoms with E-state index in [0.29, 0.717) is 11.7 Å². The minimum atomic E-state index is -0.786. The summed E-state index contributed by atoms with van der Waals surface area (Å²) in [6.07, 6.45) is 3.98. The molecule has 0 unspecified atom stereocenters. The molecule has 1 aromatic heterocycles. The molecule has 2 aliphatic rings. The number of carboxylic acid groups (broad SMARTS) is 1. The molecular weight excluding hydrogens is 334 g/mol. The lowest BCUT2D eigenvalue weighted by molar-refractivity contribution is -0.139. The molecule has 0 aromatic carbocycles. The first-order valence-corrected chi connectivity index (χ1v) is 9.08. The lowest BCUT2D eigenvalue weighted by Gasteiger charge is -2.42. The molecule has 2 aliphatic carbocycles. The summed E-state index contributed by atoms with van der Waals surface area (Å²) in [4.78, 5) is 31.5. The summed E-state index contributed by atoms with van der Waals surface area (Å²) >= 11 is 0. The van der Waals surface area contributed by atoms with Crippen LogP contribution < -0.4 is 15.5 Å². The minimum absolute atomic E-state index is 0.0764. The van der Waals surface area contributed by atoms with Crippen LogP contribution in [0.2, 0.25) is 0 Å². The van der Waals surface area contributed by atoms with Gasteiger partial charge in [-0.15, -0.1) is 0 Å². The number of hydrogen-bond donors (Lipinski definition) is 3. The highest BCUT2D eigenvalue weighted by molar-refractivity contribution is 5.88. The van der Waals surface area contributed by atoms with Crippen molar-refractivity contribution in [1.29, 1.82) is 0 Å². The number of anilines is 2. The lowest BCUT2D eigenvalue weighted by atomic mass is 9.85. The Hall–Kier alpha value is -2.35. The molecule has 2 saturated carbocycles. The Bertz CT molecular complexity index is 656. The van der Waals surface area contributed by atoms with Gasteiger partial charge in [0.05, 0.1) is 6.54 Å². The second-order valence-electron chi connectivity index (χ2n) is 7.46. The van der Waals surface area contributed by atoms with Crippen molar-refractivity contribution >= 4 is 23.6 Å². The SMILES string of the molecule is CN(C)c1cccc(NC(=O)NC2CC(N(CC(=O)O)CC3CC3)C2)n1. The first-order chi connectivity index (χ1) is 12.4. The van der Waals surface area contributed by atoms with Crippen LogP contribution in [0.15, 0.2) is 18.2 Å².